The molecule has 176 valence electrons. The number of methoxy groups -OCH3 is 1. The molecule has 1 saturated heterocycles. The van der Waals surface area contributed by atoms with Crippen LogP contribution in [-0.4, -0.2) is 60.2 Å². The summed E-state index contributed by atoms with van der Waals surface area (Å²) in [6.07, 6.45) is 0.855. The first-order valence-electron chi connectivity index (χ1n) is 11.1. The van der Waals surface area contributed by atoms with Gasteiger partial charge in [0.15, 0.2) is 0 Å². The molecule has 0 amide bonds. The van der Waals surface area contributed by atoms with E-state index in [1.54, 1.807) is 31.6 Å². The Morgan fingerprint density at radius 1 is 1.03 bits per heavy atom. The topological polar surface area (TPSA) is 76.8 Å². The summed E-state index contributed by atoms with van der Waals surface area (Å²) in [7, 11) is 1.68. The van der Waals surface area contributed by atoms with E-state index in [0.717, 1.165) is 43.9 Å². The number of aromatic nitrogens is 2. The summed E-state index contributed by atoms with van der Waals surface area (Å²) in [5.74, 6) is 0.862. The van der Waals surface area contributed by atoms with Crippen molar-refractivity contribution in [2.75, 3.05) is 44.7 Å². The third kappa shape index (κ3) is 4.74. The number of aldehydes is 1. The fourth-order valence-electron chi connectivity index (χ4n) is 4.27. The van der Waals surface area contributed by atoms with Gasteiger partial charge in [0.1, 0.15) is 16.7 Å². The van der Waals surface area contributed by atoms with E-state index in [2.05, 4.69) is 15.9 Å². The molecule has 3 aromatic rings. The lowest BCUT2D eigenvalue weighted by atomic mass is 9.96. The number of hydrogen-bond acceptors (Lipinski definition) is 7. The molecule has 8 nitrogen and oxygen atoms in total. The number of thiophene rings is 1. The number of carbonyl (C=O) groups excluding carboxylic acids is 1. The Kier molecular flexibility index (Phi) is 6.71. The molecule has 2 aromatic heterocycles. The van der Waals surface area contributed by atoms with Crippen molar-refractivity contribution in [2.45, 2.75) is 26.9 Å². The van der Waals surface area contributed by atoms with Gasteiger partial charge in [-0.25, -0.2) is 4.79 Å². The molecule has 0 aliphatic carbocycles. The Hall–Kier alpha value is -2.91. The second-order valence-electron chi connectivity index (χ2n) is 9.07. The first kappa shape index (κ1) is 23.3. The first-order valence-corrected chi connectivity index (χ1v) is 12.0. The molecule has 0 radical (unpaired) electrons. The summed E-state index contributed by atoms with van der Waals surface area (Å²) in [4.78, 5) is 42.3. The number of carbonyl (C=O) groups is 1. The summed E-state index contributed by atoms with van der Waals surface area (Å²) in [6.45, 7) is 8.11. The Morgan fingerprint density at radius 2 is 1.76 bits per heavy atom. The molecule has 0 bridgehead atoms. The number of anilines is 1. The minimum Gasteiger partial charge on any atom is -0.495 e. The van der Waals surface area contributed by atoms with Crippen LogP contribution in [0.5, 0.6) is 5.75 Å². The van der Waals surface area contributed by atoms with Crippen LogP contribution in [0.25, 0.3) is 10.2 Å². The highest BCUT2D eigenvalue weighted by Crippen LogP contribution is 2.28. The molecular weight excluding hydrogens is 440 g/mol. The third-order valence-electron chi connectivity index (χ3n) is 6.16. The lowest BCUT2D eigenvalue weighted by Gasteiger charge is -2.36. The molecule has 4 rings (SSSR count). The van der Waals surface area contributed by atoms with E-state index in [1.807, 2.05) is 23.6 Å². The maximum atomic E-state index is 13.2. The van der Waals surface area contributed by atoms with Crippen LogP contribution in [0.2, 0.25) is 0 Å². The van der Waals surface area contributed by atoms with Gasteiger partial charge in [-0.05, 0) is 23.6 Å². The van der Waals surface area contributed by atoms with Crippen LogP contribution in [0.15, 0.2) is 45.3 Å². The molecular formula is C24H30N4O4S. The second-order valence-corrected chi connectivity index (χ2v) is 9.98. The molecule has 3 heterocycles. The summed E-state index contributed by atoms with van der Waals surface area (Å²) >= 11 is 1.33. The van der Waals surface area contributed by atoms with Crippen LogP contribution >= 0.6 is 11.3 Å². The fraction of sp³-hybridized carbons (Fsp3) is 0.458. The summed E-state index contributed by atoms with van der Waals surface area (Å²) < 4.78 is 8.94. The van der Waals surface area contributed by atoms with E-state index in [4.69, 9.17) is 4.74 Å². The number of piperazine rings is 1. The molecule has 0 atom stereocenters. The van der Waals surface area contributed by atoms with Crippen molar-refractivity contribution >= 4 is 33.5 Å². The summed E-state index contributed by atoms with van der Waals surface area (Å²) in [5, 5.41) is 1.82. The van der Waals surface area contributed by atoms with Gasteiger partial charge in [-0.15, -0.1) is 11.3 Å². The molecule has 0 N–H and O–H groups in total. The SMILES string of the molecule is COc1ccccc1N1CCN(CCn2c(=O)c3sccc3n(CC(C)(C)C=O)c2=O)CC1. The van der Waals surface area contributed by atoms with Gasteiger partial charge < -0.3 is 14.4 Å². The fourth-order valence-corrected chi connectivity index (χ4v) is 5.12. The predicted octanol–water partition coefficient (Wildman–Crippen LogP) is 2.28. The van der Waals surface area contributed by atoms with Gasteiger partial charge in [-0.3, -0.25) is 18.8 Å². The quantitative estimate of drug-likeness (QED) is 0.470. The normalized spacial score (nSPS) is 15.2. The number of ether oxygens (including phenoxy) is 1. The minimum atomic E-state index is -0.699. The zero-order valence-electron chi connectivity index (χ0n) is 19.3. The summed E-state index contributed by atoms with van der Waals surface area (Å²) in [6, 6.07) is 9.78. The smallest absolute Gasteiger partial charge is 0.331 e. The molecule has 1 aliphatic heterocycles. The molecule has 0 unspecified atom stereocenters. The Bertz CT molecular complexity index is 1250. The largest absolute Gasteiger partial charge is 0.495 e. The van der Waals surface area contributed by atoms with Gasteiger partial charge in [-0.1, -0.05) is 26.0 Å². The van der Waals surface area contributed by atoms with Gasteiger partial charge >= 0.3 is 5.69 Å². The Labute approximate surface area is 196 Å². The number of nitrogens with zero attached hydrogens (tertiary/aromatic N) is 4. The lowest BCUT2D eigenvalue weighted by molar-refractivity contribution is -0.115. The van der Waals surface area contributed by atoms with E-state index in [-0.39, 0.29) is 17.8 Å². The average Bonchev–Trinajstić information content (AvgIpc) is 3.32. The van der Waals surface area contributed by atoms with Crippen LogP contribution in [0.1, 0.15) is 13.8 Å². The van der Waals surface area contributed by atoms with Crippen molar-refractivity contribution in [3.05, 3.63) is 56.5 Å². The lowest BCUT2D eigenvalue weighted by Crippen LogP contribution is -2.49. The standard InChI is InChI=1S/C24H30N4O4S/c1-24(2,17-29)16-28-19-8-15-33-21(19)22(30)27(23(28)31)14-11-25-9-12-26(13-10-25)18-6-4-5-7-20(18)32-3/h4-8,15,17H,9-14,16H2,1-3H3. The van der Waals surface area contributed by atoms with Gasteiger partial charge in [0.2, 0.25) is 0 Å². The minimum absolute atomic E-state index is 0.237. The van der Waals surface area contributed by atoms with Crippen LogP contribution < -0.4 is 20.9 Å². The van der Waals surface area contributed by atoms with Gasteiger partial charge in [0, 0.05) is 51.2 Å². The van der Waals surface area contributed by atoms with Crippen LogP contribution in [0.3, 0.4) is 0 Å². The molecule has 1 fully saturated rings. The number of para-hydroxylation sites is 2. The molecule has 33 heavy (non-hydrogen) atoms. The van der Waals surface area contributed by atoms with E-state index in [0.29, 0.717) is 23.3 Å². The zero-order valence-corrected chi connectivity index (χ0v) is 20.1. The molecule has 1 aromatic carbocycles. The van der Waals surface area contributed by atoms with E-state index < -0.39 is 5.41 Å². The van der Waals surface area contributed by atoms with Crippen LogP contribution in [-0.2, 0) is 17.9 Å². The van der Waals surface area contributed by atoms with Crippen LogP contribution in [0.4, 0.5) is 5.69 Å². The van der Waals surface area contributed by atoms with Crippen LogP contribution in [0, 0.1) is 5.41 Å². The van der Waals surface area contributed by atoms with Crippen molar-refractivity contribution in [3.8, 4) is 5.75 Å². The van der Waals surface area contributed by atoms with Crippen molar-refractivity contribution in [3.63, 3.8) is 0 Å². The second kappa shape index (κ2) is 9.52. The molecule has 1 aliphatic rings. The Balaban J connectivity index is 1.50. The van der Waals surface area contributed by atoms with Crippen molar-refractivity contribution in [1.82, 2.24) is 14.0 Å². The van der Waals surface area contributed by atoms with Gasteiger partial charge in [0.05, 0.1) is 18.3 Å². The number of fused-ring (bicyclic) bond motifs is 1. The van der Waals surface area contributed by atoms with Crippen molar-refractivity contribution < 1.29 is 9.53 Å². The average molecular weight is 471 g/mol. The highest BCUT2D eigenvalue weighted by molar-refractivity contribution is 7.17. The van der Waals surface area contributed by atoms with E-state index >= 15 is 0 Å². The van der Waals surface area contributed by atoms with Gasteiger partial charge in [0.25, 0.3) is 5.56 Å². The number of benzene rings is 1. The number of rotatable bonds is 8. The maximum absolute atomic E-state index is 13.2. The van der Waals surface area contributed by atoms with E-state index in [9.17, 15) is 14.4 Å². The Morgan fingerprint density at radius 3 is 2.45 bits per heavy atom. The highest BCUT2D eigenvalue weighted by Gasteiger charge is 2.23. The van der Waals surface area contributed by atoms with Crippen molar-refractivity contribution in [1.29, 1.82) is 0 Å². The monoisotopic (exact) mass is 470 g/mol. The summed E-state index contributed by atoms with van der Waals surface area (Å²) in [5.41, 5.74) is 0.382. The molecule has 9 heteroatoms. The predicted molar refractivity (Wildman–Crippen MR) is 132 cm³/mol. The highest BCUT2D eigenvalue weighted by atomic mass is 32.1. The third-order valence-corrected chi connectivity index (χ3v) is 7.05. The number of hydrogen-bond donors (Lipinski definition) is 0. The maximum Gasteiger partial charge on any atom is 0.331 e. The first-order chi connectivity index (χ1) is 15.8. The van der Waals surface area contributed by atoms with Gasteiger partial charge in [-0.2, -0.15) is 0 Å². The molecule has 0 spiro atoms. The van der Waals surface area contributed by atoms with E-state index in [1.165, 1.54) is 15.9 Å². The van der Waals surface area contributed by atoms with Crippen molar-refractivity contribution in [2.24, 2.45) is 5.41 Å². The zero-order chi connectivity index (χ0) is 23.6. The molecule has 0 saturated carbocycles.